The molecule has 6 nitrogen and oxygen atoms in total. The summed E-state index contributed by atoms with van der Waals surface area (Å²) in [5.74, 6) is -1.24. The van der Waals surface area contributed by atoms with Gasteiger partial charge in [0.05, 0.1) is 23.6 Å². The van der Waals surface area contributed by atoms with Gasteiger partial charge in [0.2, 0.25) is 11.8 Å². The molecular formula is C23H22F4N4O2. The zero-order valence-electron chi connectivity index (χ0n) is 18.1. The van der Waals surface area contributed by atoms with E-state index >= 15 is 0 Å². The molecule has 10 heteroatoms. The molecule has 2 aromatic carbocycles. The molecule has 1 aliphatic heterocycles. The highest BCUT2D eigenvalue weighted by molar-refractivity contribution is 5.89. The molecule has 1 heterocycles. The molecule has 3 rings (SSSR count). The highest BCUT2D eigenvalue weighted by Crippen LogP contribution is 2.35. The van der Waals surface area contributed by atoms with Crippen molar-refractivity contribution in [3.63, 3.8) is 0 Å². The maximum Gasteiger partial charge on any atom is 0.417 e. The van der Waals surface area contributed by atoms with Crippen LogP contribution in [0, 0.1) is 17.1 Å². The van der Waals surface area contributed by atoms with Crippen LogP contribution in [0.25, 0.3) is 0 Å². The fraction of sp³-hybridized carbons (Fsp3) is 0.348. The second-order valence-corrected chi connectivity index (χ2v) is 7.93. The first-order chi connectivity index (χ1) is 15.5. The number of benzene rings is 2. The number of amides is 2. The molecule has 2 amide bonds. The topological polar surface area (TPSA) is 67.7 Å². The van der Waals surface area contributed by atoms with Crippen LogP contribution >= 0.6 is 0 Å². The summed E-state index contributed by atoms with van der Waals surface area (Å²) in [7, 11) is 3.06. The number of likely N-dealkylation sites (N-methyl/N-ethyl adjacent to an activating group) is 1. The Kier molecular flexibility index (Phi) is 6.91. The Labute approximate surface area is 188 Å². The van der Waals surface area contributed by atoms with E-state index in [2.05, 4.69) is 0 Å². The van der Waals surface area contributed by atoms with Crippen molar-refractivity contribution in [1.29, 1.82) is 5.26 Å². The summed E-state index contributed by atoms with van der Waals surface area (Å²) in [6, 6.07) is 9.60. The van der Waals surface area contributed by atoms with Crippen molar-refractivity contribution in [3.05, 3.63) is 65.0 Å². The molecule has 0 bridgehead atoms. The lowest BCUT2D eigenvalue weighted by molar-refractivity contribution is -0.144. The lowest BCUT2D eigenvalue weighted by Crippen LogP contribution is -2.60. The van der Waals surface area contributed by atoms with Gasteiger partial charge >= 0.3 is 6.18 Å². The number of carbonyl (C=O) groups excluding carboxylic acids is 2. The third-order valence-corrected chi connectivity index (χ3v) is 5.47. The van der Waals surface area contributed by atoms with Crippen molar-refractivity contribution >= 4 is 17.5 Å². The van der Waals surface area contributed by atoms with E-state index in [0.717, 1.165) is 12.1 Å². The summed E-state index contributed by atoms with van der Waals surface area (Å²) >= 11 is 0. The number of hydrogen-bond acceptors (Lipinski definition) is 4. The molecule has 1 unspecified atom stereocenters. The molecule has 0 spiro atoms. The lowest BCUT2D eigenvalue weighted by atomic mass is 10.0. The van der Waals surface area contributed by atoms with E-state index in [1.165, 1.54) is 48.2 Å². The molecule has 0 radical (unpaired) electrons. The number of halogens is 4. The lowest BCUT2D eigenvalue weighted by Gasteiger charge is -2.42. The molecule has 1 atom stereocenters. The van der Waals surface area contributed by atoms with Crippen molar-refractivity contribution in [2.45, 2.75) is 18.6 Å². The average molecular weight is 462 g/mol. The van der Waals surface area contributed by atoms with Crippen molar-refractivity contribution in [2.24, 2.45) is 0 Å². The molecule has 0 saturated carbocycles. The van der Waals surface area contributed by atoms with Crippen LogP contribution in [0.2, 0.25) is 0 Å². The number of hydrogen-bond donors (Lipinski definition) is 0. The van der Waals surface area contributed by atoms with Crippen molar-refractivity contribution < 1.29 is 27.2 Å². The number of carbonyl (C=O) groups is 2. The predicted octanol–water partition coefficient (Wildman–Crippen LogP) is 3.06. The fourth-order valence-electron chi connectivity index (χ4n) is 3.81. The van der Waals surface area contributed by atoms with Gasteiger partial charge in [-0.05, 0) is 35.9 Å². The maximum absolute atomic E-state index is 13.5. The number of anilines is 1. The van der Waals surface area contributed by atoms with Crippen LogP contribution < -0.4 is 4.90 Å². The summed E-state index contributed by atoms with van der Waals surface area (Å²) in [4.78, 5) is 30.1. The molecule has 0 N–H and O–H groups in total. The quantitative estimate of drug-likeness (QED) is 0.655. The minimum atomic E-state index is -4.71. The number of nitrogens with zero attached hydrogens (tertiary/aromatic N) is 4. The van der Waals surface area contributed by atoms with Gasteiger partial charge in [-0.15, -0.1) is 0 Å². The summed E-state index contributed by atoms with van der Waals surface area (Å²) in [5, 5.41) is 9.01. The third kappa shape index (κ3) is 5.42. The van der Waals surface area contributed by atoms with E-state index in [1.54, 1.807) is 17.0 Å². The Morgan fingerprint density at radius 1 is 1.15 bits per heavy atom. The monoisotopic (exact) mass is 462 g/mol. The largest absolute Gasteiger partial charge is 0.417 e. The number of rotatable bonds is 4. The molecule has 1 fully saturated rings. The Bertz CT molecular complexity index is 1090. The first-order valence-corrected chi connectivity index (χ1v) is 10.1. The second kappa shape index (κ2) is 9.48. The average Bonchev–Trinajstić information content (AvgIpc) is 2.77. The third-order valence-electron chi connectivity index (χ3n) is 5.47. The minimum Gasteiger partial charge on any atom is -0.367 e. The van der Waals surface area contributed by atoms with Gasteiger partial charge in [-0.2, -0.15) is 18.4 Å². The van der Waals surface area contributed by atoms with Crippen molar-refractivity contribution in [3.8, 4) is 6.07 Å². The molecular weight excluding hydrogens is 440 g/mol. The Balaban J connectivity index is 1.87. The molecule has 2 aromatic rings. The molecule has 1 saturated heterocycles. The van der Waals surface area contributed by atoms with Crippen LogP contribution in [-0.2, 0) is 22.2 Å². The van der Waals surface area contributed by atoms with Crippen LogP contribution in [0.5, 0.6) is 0 Å². The normalized spacial score (nSPS) is 16.3. The first kappa shape index (κ1) is 24.0. The van der Waals surface area contributed by atoms with Crippen LogP contribution in [0.3, 0.4) is 0 Å². The Morgan fingerprint density at radius 2 is 1.88 bits per heavy atom. The molecule has 1 aliphatic rings. The number of nitriles is 1. The van der Waals surface area contributed by atoms with Crippen LogP contribution in [0.15, 0.2) is 42.5 Å². The zero-order chi connectivity index (χ0) is 24.3. The van der Waals surface area contributed by atoms with Gasteiger partial charge in [0, 0.05) is 39.4 Å². The van der Waals surface area contributed by atoms with Crippen LogP contribution in [-0.4, -0.2) is 61.4 Å². The summed E-state index contributed by atoms with van der Waals surface area (Å²) in [6.07, 6.45) is -4.81. The summed E-state index contributed by atoms with van der Waals surface area (Å²) in [6.45, 7) is 0.268. The van der Waals surface area contributed by atoms with Crippen molar-refractivity contribution in [2.75, 3.05) is 38.6 Å². The van der Waals surface area contributed by atoms with E-state index in [4.69, 9.17) is 5.26 Å². The van der Waals surface area contributed by atoms with Gasteiger partial charge in [-0.25, -0.2) is 4.39 Å². The maximum atomic E-state index is 13.5. The van der Waals surface area contributed by atoms with Gasteiger partial charge in [0.1, 0.15) is 11.9 Å². The summed E-state index contributed by atoms with van der Waals surface area (Å²) < 4.78 is 53.6. The standard InChI is InChI=1S/C23H22F4N4O2/c1-29(2)22(33)20-14-30(18-7-6-16(13-28)19(12-18)23(25,26)27)8-9-31(20)21(32)11-15-4-3-5-17(24)10-15/h3-7,10,12,20H,8-9,11,14H2,1-2H3. The smallest absolute Gasteiger partial charge is 0.367 e. The van der Waals surface area contributed by atoms with Gasteiger partial charge < -0.3 is 14.7 Å². The highest BCUT2D eigenvalue weighted by Gasteiger charge is 2.38. The number of piperazine rings is 1. The van der Waals surface area contributed by atoms with Crippen molar-refractivity contribution in [1.82, 2.24) is 9.80 Å². The molecule has 174 valence electrons. The predicted molar refractivity (Wildman–Crippen MR) is 113 cm³/mol. The zero-order valence-corrected chi connectivity index (χ0v) is 18.1. The Hall–Kier alpha value is -3.61. The van der Waals surface area contributed by atoms with Gasteiger partial charge in [0.15, 0.2) is 0 Å². The van der Waals surface area contributed by atoms with Gasteiger partial charge in [-0.1, -0.05) is 12.1 Å². The molecule has 0 aromatic heterocycles. The van der Waals surface area contributed by atoms with Crippen LogP contribution in [0.4, 0.5) is 23.2 Å². The van der Waals surface area contributed by atoms with E-state index < -0.39 is 29.2 Å². The van der Waals surface area contributed by atoms with Gasteiger partial charge in [-0.3, -0.25) is 9.59 Å². The molecule has 33 heavy (non-hydrogen) atoms. The fourth-order valence-corrected chi connectivity index (χ4v) is 3.81. The van der Waals surface area contributed by atoms with E-state index in [0.29, 0.717) is 5.56 Å². The SMILES string of the molecule is CN(C)C(=O)C1CN(c2ccc(C#N)c(C(F)(F)F)c2)CCN1C(=O)Cc1cccc(F)c1. The van der Waals surface area contributed by atoms with Crippen LogP contribution in [0.1, 0.15) is 16.7 Å². The second-order valence-electron chi connectivity index (χ2n) is 7.93. The van der Waals surface area contributed by atoms with E-state index in [9.17, 15) is 27.2 Å². The van der Waals surface area contributed by atoms with E-state index in [-0.39, 0.29) is 43.6 Å². The Morgan fingerprint density at radius 3 is 2.48 bits per heavy atom. The van der Waals surface area contributed by atoms with Gasteiger partial charge in [0.25, 0.3) is 0 Å². The minimum absolute atomic E-state index is 0.0187. The first-order valence-electron chi connectivity index (χ1n) is 10.1. The summed E-state index contributed by atoms with van der Waals surface area (Å²) in [5.41, 5.74) is -0.880. The molecule has 0 aliphatic carbocycles. The highest BCUT2D eigenvalue weighted by atomic mass is 19.4. The van der Waals surface area contributed by atoms with E-state index in [1.807, 2.05) is 0 Å². The number of alkyl halides is 3.